The lowest BCUT2D eigenvalue weighted by Crippen LogP contribution is -2.41. The monoisotopic (exact) mass is 335 g/mol. The molecule has 7 heteroatoms. The summed E-state index contributed by atoms with van der Waals surface area (Å²) in [5.41, 5.74) is 0.345. The standard InChI is InChI=1S/C13H15Cl2NO3S/c1-19-13(18)11(5-6-20-2)16-12(17)8-3-4-9(14)10(15)7-8/h3-4,7,11H,5-6H2,1-2H3,(H,16,17)/t11-/m0/s1. The summed E-state index contributed by atoms with van der Waals surface area (Å²) in [4.78, 5) is 23.7. The number of carbonyl (C=O) groups is 2. The quantitative estimate of drug-likeness (QED) is 0.812. The SMILES string of the molecule is COC(=O)[C@H](CCSC)NC(=O)c1ccc(Cl)c(Cl)c1. The smallest absolute Gasteiger partial charge is 0.328 e. The first-order valence-corrected chi connectivity index (χ1v) is 7.97. The minimum atomic E-state index is -0.672. The van der Waals surface area contributed by atoms with Gasteiger partial charge in [-0.25, -0.2) is 4.79 Å². The summed E-state index contributed by atoms with van der Waals surface area (Å²) in [6, 6.07) is 3.87. The van der Waals surface area contributed by atoms with Gasteiger partial charge in [0.2, 0.25) is 0 Å². The van der Waals surface area contributed by atoms with Crippen molar-refractivity contribution in [2.75, 3.05) is 19.1 Å². The molecule has 0 heterocycles. The Balaban J connectivity index is 2.78. The molecule has 0 bridgehead atoms. The van der Waals surface area contributed by atoms with Crippen LogP contribution in [0.4, 0.5) is 0 Å². The Morgan fingerprint density at radius 3 is 2.60 bits per heavy atom. The topological polar surface area (TPSA) is 55.4 Å². The molecule has 4 nitrogen and oxygen atoms in total. The fourth-order valence-electron chi connectivity index (χ4n) is 1.51. The van der Waals surface area contributed by atoms with Crippen LogP contribution in [0, 0.1) is 0 Å². The van der Waals surface area contributed by atoms with E-state index in [1.165, 1.54) is 19.2 Å². The van der Waals surface area contributed by atoms with E-state index in [0.29, 0.717) is 17.0 Å². The zero-order chi connectivity index (χ0) is 15.1. The lowest BCUT2D eigenvalue weighted by atomic mass is 10.1. The third-order valence-electron chi connectivity index (χ3n) is 2.58. The van der Waals surface area contributed by atoms with Crippen molar-refractivity contribution in [2.24, 2.45) is 0 Å². The summed E-state index contributed by atoms with van der Waals surface area (Å²) in [5, 5.41) is 3.30. The molecule has 0 aromatic heterocycles. The van der Waals surface area contributed by atoms with Crippen LogP contribution < -0.4 is 5.32 Å². The predicted molar refractivity (Wildman–Crippen MR) is 82.7 cm³/mol. The number of ether oxygens (including phenoxy) is 1. The van der Waals surface area contributed by atoms with E-state index in [-0.39, 0.29) is 10.9 Å². The number of rotatable bonds is 6. The van der Waals surface area contributed by atoms with E-state index in [1.807, 2.05) is 6.26 Å². The normalized spacial score (nSPS) is 11.8. The van der Waals surface area contributed by atoms with Crippen molar-refractivity contribution < 1.29 is 14.3 Å². The number of hydrogen-bond acceptors (Lipinski definition) is 4. The van der Waals surface area contributed by atoms with Gasteiger partial charge in [-0.15, -0.1) is 0 Å². The van der Waals surface area contributed by atoms with E-state index in [9.17, 15) is 9.59 Å². The minimum Gasteiger partial charge on any atom is -0.467 e. The van der Waals surface area contributed by atoms with Gasteiger partial charge in [-0.1, -0.05) is 23.2 Å². The van der Waals surface area contributed by atoms with Crippen LogP contribution in [-0.2, 0) is 9.53 Å². The Bertz CT molecular complexity index is 497. The van der Waals surface area contributed by atoms with Crippen LogP contribution in [0.3, 0.4) is 0 Å². The Kier molecular flexibility index (Phi) is 7.19. The van der Waals surface area contributed by atoms with E-state index in [0.717, 1.165) is 5.75 Å². The van der Waals surface area contributed by atoms with Crippen molar-refractivity contribution in [3.63, 3.8) is 0 Å². The molecule has 1 amide bonds. The number of thioether (sulfide) groups is 1. The predicted octanol–water partition coefficient (Wildman–Crippen LogP) is 3.02. The number of benzene rings is 1. The number of nitrogens with one attached hydrogen (secondary N) is 1. The largest absolute Gasteiger partial charge is 0.467 e. The number of methoxy groups -OCH3 is 1. The van der Waals surface area contributed by atoms with Gasteiger partial charge in [0.1, 0.15) is 6.04 Å². The van der Waals surface area contributed by atoms with E-state index in [2.05, 4.69) is 10.1 Å². The van der Waals surface area contributed by atoms with Gasteiger partial charge in [-0.05, 0) is 36.6 Å². The summed E-state index contributed by atoms with van der Waals surface area (Å²) < 4.78 is 4.68. The third-order valence-corrected chi connectivity index (χ3v) is 3.97. The Labute approximate surface area is 132 Å². The Morgan fingerprint density at radius 2 is 2.05 bits per heavy atom. The lowest BCUT2D eigenvalue weighted by Gasteiger charge is -2.16. The molecule has 110 valence electrons. The Hall–Kier alpha value is -0.910. The molecule has 20 heavy (non-hydrogen) atoms. The van der Waals surface area contributed by atoms with Gasteiger partial charge in [0.25, 0.3) is 5.91 Å². The first-order chi connectivity index (χ1) is 9.49. The van der Waals surface area contributed by atoms with Gasteiger partial charge in [0.15, 0.2) is 0 Å². The molecule has 0 saturated heterocycles. The van der Waals surface area contributed by atoms with Crippen molar-refractivity contribution in [1.82, 2.24) is 5.32 Å². The highest BCUT2D eigenvalue weighted by atomic mass is 35.5. The zero-order valence-electron chi connectivity index (χ0n) is 11.1. The van der Waals surface area contributed by atoms with Crippen LogP contribution in [0.25, 0.3) is 0 Å². The molecule has 1 rings (SSSR count). The van der Waals surface area contributed by atoms with Crippen LogP contribution >= 0.6 is 35.0 Å². The average molecular weight is 336 g/mol. The highest BCUT2D eigenvalue weighted by Crippen LogP contribution is 2.22. The van der Waals surface area contributed by atoms with Crippen LogP contribution in [-0.4, -0.2) is 37.0 Å². The second-order valence-electron chi connectivity index (χ2n) is 3.96. The van der Waals surface area contributed by atoms with E-state index in [4.69, 9.17) is 23.2 Å². The fourth-order valence-corrected chi connectivity index (χ4v) is 2.28. The summed E-state index contributed by atoms with van der Waals surface area (Å²) in [7, 11) is 1.29. The number of hydrogen-bond donors (Lipinski definition) is 1. The second kappa shape index (κ2) is 8.39. The molecule has 0 fully saturated rings. The zero-order valence-corrected chi connectivity index (χ0v) is 13.4. The van der Waals surface area contributed by atoms with Crippen LogP contribution in [0.1, 0.15) is 16.8 Å². The fraction of sp³-hybridized carbons (Fsp3) is 0.385. The molecule has 0 aliphatic rings. The van der Waals surface area contributed by atoms with Crippen molar-refractivity contribution in [3.05, 3.63) is 33.8 Å². The third kappa shape index (κ3) is 4.89. The Morgan fingerprint density at radius 1 is 1.35 bits per heavy atom. The van der Waals surface area contributed by atoms with Gasteiger partial charge in [0, 0.05) is 5.56 Å². The second-order valence-corrected chi connectivity index (χ2v) is 5.76. The summed E-state index contributed by atoms with van der Waals surface area (Å²) in [6.45, 7) is 0. The van der Waals surface area contributed by atoms with Gasteiger partial charge >= 0.3 is 5.97 Å². The van der Waals surface area contributed by atoms with Gasteiger partial charge in [0.05, 0.1) is 17.2 Å². The summed E-state index contributed by atoms with van der Waals surface area (Å²) >= 11 is 13.2. The van der Waals surface area contributed by atoms with Gasteiger partial charge in [-0.3, -0.25) is 4.79 Å². The van der Waals surface area contributed by atoms with Crippen LogP contribution in [0.15, 0.2) is 18.2 Å². The van der Waals surface area contributed by atoms with Crippen molar-refractivity contribution in [2.45, 2.75) is 12.5 Å². The molecule has 1 aromatic carbocycles. The maximum Gasteiger partial charge on any atom is 0.328 e. The molecule has 1 aromatic rings. The number of esters is 1. The number of carbonyl (C=O) groups excluding carboxylic acids is 2. The summed E-state index contributed by atoms with van der Waals surface area (Å²) in [6.07, 6.45) is 2.43. The van der Waals surface area contributed by atoms with Crippen molar-refractivity contribution in [1.29, 1.82) is 0 Å². The molecule has 1 N–H and O–H groups in total. The van der Waals surface area contributed by atoms with Gasteiger partial charge in [-0.2, -0.15) is 11.8 Å². The van der Waals surface area contributed by atoms with E-state index in [1.54, 1.807) is 17.8 Å². The maximum absolute atomic E-state index is 12.1. The number of amides is 1. The van der Waals surface area contributed by atoms with Crippen molar-refractivity contribution >= 4 is 46.8 Å². The molecular formula is C13H15Cl2NO3S. The molecule has 0 aliphatic heterocycles. The first kappa shape index (κ1) is 17.1. The molecular weight excluding hydrogens is 321 g/mol. The van der Waals surface area contributed by atoms with Crippen molar-refractivity contribution in [3.8, 4) is 0 Å². The van der Waals surface area contributed by atoms with Crippen LogP contribution in [0.5, 0.6) is 0 Å². The molecule has 1 atom stereocenters. The lowest BCUT2D eigenvalue weighted by molar-refractivity contribution is -0.142. The molecule has 0 saturated carbocycles. The number of halogens is 2. The first-order valence-electron chi connectivity index (χ1n) is 5.82. The molecule has 0 radical (unpaired) electrons. The summed E-state index contributed by atoms with van der Waals surface area (Å²) in [5.74, 6) is -0.117. The highest BCUT2D eigenvalue weighted by Gasteiger charge is 2.21. The van der Waals surface area contributed by atoms with E-state index >= 15 is 0 Å². The molecule has 0 spiro atoms. The maximum atomic E-state index is 12.1. The molecule has 0 aliphatic carbocycles. The highest BCUT2D eigenvalue weighted by molar-refractivity contribution is 7.98. The van der Waals surface area contributed by atoms with Crippen LogP contribution in [0.2, 0.25) is 10.0 Å². The van der Waals surface area contributed by atoms with E-state index < -0.39 is 12.0 Å². The van der Waals surface area contributed by atoms with Gasteiger partial charge < -0.3 is 10.1 Å². The average Bonchev–Trinajstić information content (AvgIpc) is 2.45. The minimum absolute atomic E-state index is 0.290. The molecule has 0 unspecified atom stereocenters.